The molecule has 0 atom stereocenters. The Labute approximate surface area is 112 Å². The van der Waals surface area contributed by atoms with Gasteiger partial charge in [0.05, 0.1) is 5.75 Å². The zero-order valence-corrected chi connectivity index (χ0v) is 11.2. The predicted octanol–water partition coefficient (Wildman–Crippen LogP) is 1.55. The fraction of sp³-hybridized carbons (Fsp3) is 0.200. The number of hydrogen-bond acceptors (Lipinski definition) is 7. The molecule has 0 aromatic carbocycles. The monoisotopic (exact) mass is 281 g/mol. The molecule has 0 aliphatic rings. The summed E-state index contributed by atoms with van der Waals surface area (Å²) >= 11 is 2.56. The van der Waals surface area contributed by atoms with E-state index in [0.717, 1.165) is 5.69 Å². The van der Waals surface area contributed by atoms with E-state index >= 15 is 0 Å². The summed E-state index contributed by atoms with van der Waals surface area (Å²) in [4.78, 5) is 15.8. The first-order valence-electron chi connectivity index (χ1n) is 5.09. The highest BCUT2D eigenvalue weighted by atomic mass is 32.2. The average molecular weight is 281 g/mol. The Morgan fingerprint density at radius 1 is 1.50 bits per heavy atom. The summed E-state index contributed by atoms with van der Waals surface area (Å²) in [5, 5.41) is 10.6. The van der Waals surface area contributed by atoms with Crippen LogP contribution in [0.25, 0.3) is 0 Å². The Morgan fingerprint density at radius 2 is 2.33 bits per heavy atom. The number of carbonyl (C=O) groups is 1. The van der Waals surface area contributed by atoms with E-state index in [9.17, 15) is 4.79 Å². The van der Waals surface area contributed by atoms with Crippen molar-refractivity contribution in [2.24, 2.45) is 0 Å². The quantitative estimate of drug-likeness (QED) is 0.826. The van der Waals surface area contributed by atoms with E-state index in [4.69, 9.17) is 5.73 Å². The molecule has 94 valence electrons. The van der Waals surface area contributed by atoms with E-state index in [2.05, 4.69) is 20.5 Å². The van der Waals surface area contributed by atoms with Gasteiger partial charge in [-0.15, -0.1) is 10.2 Å². The summed E-state index contributed by atoms with van der Waals surface area (Å²) in [6, 6.07) is 5.46. The molecule has 3 N–H and O–H groups in total. The molecule has 6 nitrogen and oxygen atoms in total. The number of anilines is 2. The van der Waals surface area contributed by atoms with Crippen LogP contribution in [-0.4, -0.2) is 26.8 Å². The fourth-order valence-electron chi connectivity index (χ4n) is 1.20. The molecule has 0 aliphatic carbocycles. The molecule has 0 radical (unpaired) electrons. The lowest BCUT2D eigenvalue weighted by Gasteiger charge is -2.03. The minimum absolute atomic E-state index is 0.133. The van der Waals surface area contributed by atoms with Gasteiger partial charge in [-0.05, 0) is 19.1 Å². The maximum Gasteiger partial charge on any atom is 0.235 e. The Morgan fingerprint density at radius 3 is 3.00 bits per heavy atom. The number of carbonyl (C=O) groups excluding carboxylic acids is 1. The lowest BCUT2D eigenvalue weighted by Crippen LogP contribution is -2.15. The molecule has 2 rings (SSSR count). The Balaban J connectivity index is 1.85. The average Bonchev–Trinajstić information content (AvgIpc) is 2.73. The van der Waals surface area contributed by atoms with E-state index in [-0.39, 0.29) is 11.7 Å². The SMILES string of the molecule is Cc1cccc(NC(=O)CSc2nnc(N)s2)n1. The van der Waals surface area contributed by atoms with Gasteiger partial charge >= 0.3 is 0 Å². The first-order chi connectivity index (χ1) is 8.63. The highest BCUT2D eigenvalue weighted by molar-refractivity contribution is 8.01. The van der Waals surface area contributed by atoms with Gasteiger partial charge < -0.3 is 11.1 Å². The molecule has 2 aromatic heterocycles. The Bertz CT molecular complexity index is 557. The number of hydrogen-bond donors (Lipinski definition) is 2. The largest absolute Gasteiger partial charge is 0.374 e. The molecule has 0 bridgehead atoms. The third kappa shape index (κ3) is 3.67. The molecule has 1 amide bonds. The van der Waals surface area contributed by atoms with Crippen molar-refractivity contribution in [1.29, 1.82) is 0 Å². The van der Waals surface area contributed by atoms with Crippen molar-refractivity contribution in [3.05, 3.63) is 23.9 Å². The van der Waals surface area contributed by atoms with E-state index in [1.807, 2.05) is 19.1 Å². The van der Waals surface area contributed by atoms with Crippen molar-refractivity contribution in [2.45, 2.75) is 11.3 Å². The number of rotatable bonds is 4. The van der Waals surface area contributed by atoms with E-state index < -0.39 is 0 Å². The van der Waals surface area contributed by atoms with Gasteiger partial charge in [0.1, 0.15) is 5.82 Å². The first-order valence-corrected chi connectivity index (χ1v) is 6.89. The number of aryl methyl sites for hydroxylation is 1. The van der Waals surface area contributed by atoms with Gasteiger partial charge in [0, 0.05) is 5.69 Å². The molecule has 0 fully saturated rings. The number of pyridine rings is 1. The lowest BCUT2D eigenvalue weighted by molar-refractivity contribution is -0.113. The molecule has 2 aromatic rings. The summed E-state index contributed by atoms with van der Waals surface area (Å²) in [6.07, 6.45) is 0. The number of nitrogens with one attached hydrogen (secondary N) is 1. The number of thioether (sulfide) groups is 1. The highest BCUT2D eigenvalue weighted by Gasteiger charge is 2.07. The zero-order valence-electron chi connectivity index (χ0n) is 9.58. The van der Waals surface area contributed by atoms with Crippen molar-refractivity contribution < 1.29 is 4.79 Å². The smallest absolute Gasteiger partial charge is 0.235 e. The van der Waals surface area contributed by atoms with Gasteiger partial charge in [-0.1, -0.05) is 29.2 Å². The Kier molecular flexibility index (Phi) is 4.11. The number of nitrogens with two attached hydrogens (primary N) is 1. The fourth-order valence-corrected chi connectivity index (χ4v) is 2.63. The molecule has 8 heteroatoms. The van der Waals surface area contributed by atoms with Gasteiger partial charge in [-0.25, -0.2) is 4.98 Å². The number of nitrogen functional groups attached to an aromatic ring is 1. The molecular formula is C10H11N5OS2. The van der Waals surface area contributed by atoms with E-state index in [1.54, 1.807) is 6.07 Å². The van der Waals surface area contributed by atoms with Crippen molar-refractivity contribution in [1.82, 2.24) is 15.2 Å². The predicted molar refractivity (Wildman–Crippen MR) is 72.6 cm³/mol. The van der Waals surface area contributed by atoms with Crippen LogP contribution in [0, 0.1) is 6.92 Å². The van der Waals surface area contributed by atoms with E-state index in [1.165, 1.54) is 23.1 Å². The van der Waals surface area contributed by atoms with Crippen LogP contribution in [0.4, 0.5) is 10.9 Å². The Hall–Kier alpha value is -1.67. The van der Waals surface area contributed by atoms with Crippen LogP contribution in [0.2, 0.25) is 0 Å². The van der Waals surface area contributed by atoms with Crippen LogP contribution in [0.3, 0.4) is 0 Å². The third-order valence-electron chi connectivity index (χ3n) is 1.90. The van der Waals surface area contributed by atoms with Crippen LogP contribution < -0.4 is 11.1 Å². The van der Waals surface area contributed by atoms with Gasteiger partial charge in [-0.2, -0.15) is 0 Å². The zero-order chi connectivity index (χ0) is 13.0. The molecule has 2 heterocycles. The second-order valence-electron chi connectivity index (χ2n) is 3.41. The molecule has 0 saturated carbocycles. The van der Waals surface area contributed by atoms with Gasteiger partial charge in [0.25, 0.3) is 0 Å². The number of nitrogens with zero attached hydrogens (tertiary/aromatic N) is 3. The third-order valence-corrected chi connectivity index (χ3v) is 3.79. The minimum atomic E-state index is -0.133. The van der Waals surface area contributed by atoms with E-state index in [0.29, 0.717) is 15.3 Å². The molecule has 18 heavy (non-hydrogen) atoms. The summed E-state index contributed by atoms with van der Waals surface area (Å²) in [6.45, 7) is 1.87. The topological polar surface area (TPSA) is 93.8 Å². The van der Waals surface area contributed by atoms with Crippen LogP contribution in [0.5, 0.6) is 0 Å². The molecular weight excluding hydrogens is 270 g/mol. The normalized spacial score (nSPS) is 10.3. The maximum atomic E-state index is 11.7. The maximum absolute atomic E-state index is 11.7. The molecule has 0 unspecified atom stereocenters. The summed E-state index contributed by atoms with van der Waals surface area (Å²) < 4.78 is 0.680. The minimum Gasteiger partial charge on any atom is -0.374 e. The number of aromatic nitrogens is 3. The molecule has 0 aliphatic heterocycles. The second-order valence-corrected chi connectivity index (χ2v) is 5.64. The van der Waals surface area contributed by atoms with Gasteiger partial charge in [0.2, 0.25) is 11.0 Å². The summed E-state index contributed by atoms with van der Waals surface area (Å²) in [7, 11) is 0. The van der Waals surface area contributed by atoms with Crippen molar-refractivity contribution in [3.63, 3.8) is 0 Å². The van der Waals surface area contributed by atoms with Crippen LogP contribution in [-0.2, 0) is 4.79 Å². The molecule has 0 spiro atoms. The standard InChI is InChI=1S/C10H11N5OS2/c1-6-3-2-4-7(12-6)13-8(16)5-17-10-15-14-9(11)18-10/h2-4H,5H2,1H3,(H2,11,14)(H,12,13,16). The van der Waals surface area contributed by atoms with Crippen molar-refractivity contribution in [3.8, 4) is 0 Å². The first kappa shape index (κ1) is 12.8. The second kappa shape index (κ2) is 5.78. The summed E-state index contributed by atoms with van der Waals surface area (Å²) in [5.74, 6) is 0.675. The summed E-state index contributed by atoms with van der Waals surface area (Å²) in [5.41, 5.74) is 6.30. The van der Waals surface area contributed by atoms with Crippen molar-refractivity contribution in [2.75, 3.05) is 16.8 Å². The van der Waals surface area contributed by atoms with Crippen LogP contribution in [0.1, 0.15) is 5.69 Å². The van der Waals surface area contributed by atoms with Gasteiger partial charge in [-0.3, -0.25) is 4.79 Å². The lowest BCUT2D eigenvalue weighted by atomic mass is 10.4. The van der Waals surface area contributed by atoms with Crippen molar-refractivity contribution >= 4 is 40.0 Å². The van der Waals surface area contributed by atoms with Gasteiger partial charge in [0.15, 0.2) is 4.34 Å². The molecule has 0 saturated heterocycles. The highest BCUT2D eigenvalue weighted by Crippen LogP contribution is 2.23. The number of amides is 1. The van der Waals surface area contributed by atoms with Crippen LogP contribution in [0.15, 0.2) is 22.5 Å². The van der Waals surface area contributed by atoms with Crippen LogP contribution >= 0.6 is 23.1 Å².